The van der Waals surface area contributed by atoms with Crippen LogP contribution >= 0.6 is 11.6 Å². The monoisotopic (exact) mass is 454 g/mol. The van der Waals surface area contributed by atoms with E-state index in [2.05, 4.69) is 15.3 Å². The number of carbonyl (C=O) groups excluding carboxylic acids is 1. The molecular weight excluding hydrogens is 432 g/mol. The van der Waals surface area contributed by atoms with Crippen molar-refractivity contribution < 1.29 is 14.3 Å². The summed E-state index contributed by atoms with van der Waals surface area (Å²) in [6.45, 7) is 0.745. The van der Waals surface area contributed by atoms with Crippen molar-refractivity contribution in [1.29, 1.82) is 0 Å². The van der Waals surface area contributed by atoms with E-state index in [0.29, 0.717) is 40.5 Å². The van der Waals surface area contributed by atoms with Crippen molar-refractivity contribution in [1.82, 2.24) is 19.9 Å². The second-order valence-corrected chi connectivity index (χ2v) is 7.76. The number of aryl methyl sites for hydroxylation is 1. The molecule has 166 valence electrons. The maximum atomic E-state index is 12.9. The van der Waals surface area contributed by atoms with Crippen LogP contribution in [-0.4, -0.2) is 41.2 Å². The van der Waals surface area contributed by atoms with Crippen LogP contribution < -0.4 is 20.3 Å². The number of nitrogens with zero attached hydrogens (tertiary/aromatic N) is 2. The third kappa shape index (κ3) is 4.40. The Morgan fingerprint density at radius 2 is 1.88 bits per heavy atom. The minimum Gasteiger partial charge on any atom is -0.493 e. The first-order valence-electron chi connectivity index (χ1n) is 10.1. The summed E-state index contributed by atoms with van der Waals surface area (Å²) in [6.07, 6.45) is 2.35. The summed E-state index contributed by atoms with van der Waals surface area (Å²) >= 11 is 5.88. The standard InChI is InChI=1S/C23H23ClN4O4/c1-31-18-11-16-17(12-19(18)32-2)27-22-21(16)26-13-28(23(22)30)10-8-20(29)25-9-7-14-3-5-15(24)6-4-14/h3-6,11-13,27H,7-10H2,1-2H3,(H,25,29). The number of aromatic nitrogens is 3. The molecule has 8 nitrogen and oxygen atoms in total. The number of carbonyl (C=O) groups is 1. The van der Waals surface area contributed by atoms with Gasteiger partial charge in [0.1, 0.15) is 11.0 Å². The summed E-state index contributed by atoms with van der Waals surface area (Å²) in [7, 11) is 3.11. The third-order valence-electron chi connectivity index (χ3n) is 5.31. The third-order valence-corrected chi connectivity index (χ3v) is 5.56. The first-order valence-corrected chi connectivity index (χ1v) is 10.5. The number of methoxy groups -OCH3 is 2. The number of amides is 1. The van der Waals surface area contributed by atoms with Crippen LogP contribution in [0, 0.1) is 0 Å². The molecule has 0 aliphatic rings. The summed E-state index contributed by atoms with van der Waals surface area (Å²) in [4.78, 5) is 32.7. The van der Waals surface area contributed by atoms with Gasteiger partial charge in [0.15, 0.2) is 11.5 Å². The second-order valence-electron chi connectivity index (χ2n) is 7.32. The number of nitrogens with one attached hydrogen (secondary N) is 2. The van der Waals surface area contributed by atoms with Gasteiger partial charge in [0.2, 0.25) is 5.91 Å². The molecule has 0 unspecified atom stereocenters. The van der Waals surface area contributed by atoms with Gasteiger partial charge < -0.3 is 19.8 Å². The number of ether oxygens (including phenoxy) is 2. The van der Waals surface area contributed by atoms with Crippen LogP contribution in [0.2, 0.25) is 5.02 Å². The molecule has 32 heavy (non-hydrogen) atoms. The Bertz CT molecular complexity index is 1330. The number of rotatable bonds is 8. The van der Waals surface area contributed by atoms with E-state index >= 15 is 0 Å². The van der Waals surface area contributed by atoms with Crippen molar-refractivity contribution in [3.63, 3.8) is 0 Å². The van der Waals surface area contributed by atoms with Gasteiger partial charge in [-0.1, -0.05) is 23.7 Å². The number of hydrogen-bond acceptors (Lipinski definition) is 5. The predicted octanol–water partition coefficient (Wildman–Crippen LogP) is 3.30. The lowest BCUT2D eigenvalue weighted by Gasteiger charge is -2.07. The van der Waals surface area contributed by atoms with E-state index in [1.807, 2.05) is 24.3 Å². The van der Waals surface area contributed by atoms with Gasteiger partial charge in [0.05, 0.1) is 26.1 Å². The van der Waals surface area contributed by atoms with Gasteiger partial charge in [-0.15, -0.1) is 0 Å². The van der Waals surface area contributed by atoms with Crippen molar-refractivity contribution >= 4 is 39.4 Å². The maximum Gasteiger partial charge on any atom is 0.277 e. The van der Waals surface area contributed by atoms with Gasteiger partial charge in [-0.25, -0.2) is 4.98 Å². The molecule has 1 amide bonds. The van der Waals surface area contributed by atoms with Gasteiger partial charge in [0.25, 0.3) is 5.56 Å². The highest BCUT2D eigenvalue weighted by Gasteiger charge is 2.15. The van der Waals surface area contributed by atoms with Crippen LogP contribution in [0.1, 0.15) is 12.0 Å². The fourth-order valence-corrected chi connectivity index (χ4v) is 3.71. The van der Waals surface area contributed by atoms with Gasteiger partial charge in [-0.05, 0) is 30.2 Å². The van der Waals surface area contributed by atoms with E-state index in [0.717, 1.165) is 16.5 Å². The van der Waals surface area contributed by atoms with Crippen LogP contribution in [0.25, 0.3) is 21.9 Å². The van der Waals surface area contributed by atoms with Crippen molar-refractivity contribution in [3.05, 3.63) is 63.7 Å². The van der Waals surface area contributed by atoms with E-state index in [-0.39, 0.29) is 24.4 Å². The molecule has 2 aromatic carbocycles. The van der Waals surface area contributed by atoms with Crippen molar-refractivity contribution in [2.24, 2.45) is 0 Å². The number of hydrogen-bond donors (Lipinski definition) is 2. The SMILES string of the molecule is COc1cc2[nH]c3c(=O)n(CCC(=O)NCCc4ccc(Cl)cc4)cnc3c2cc1OC. The average Bonchev–Trinajstić information content (AvgIpc) is 3.17. The molecule has 2 heterocycles. The molecule has 0 saturated heterocycles. The van der Waals surface area contributed by atoms with Crippen molar-refractivity contribution in [3.8, 4) is 11.5 Å². The van der Waals surface area contributed by atoms with Gasteiger partial charge in [0, 0.05) is 36.0 Å². The Morgan fingerprint density at radius 1 is 1.16 bits per heavy atom. The molecule has 4 rings (SSSR count). The topological polar surface area (TPSA) is 98.2 Å². The lowest BCUT2D eigenvalue weighted by atomic mass is 10.1. The Kier molecular flexibility index (Phi) is 6.32. The molecule has 0 bridgehead atoms. The van der Waals surface area contributed by atoms with Crippen LogP contribution in [0.3, 0.4) is 0 Å². The van der Waals surface area contributed by atoms with E-state index < -0.39 is 0 Å². The molecule has 0 atom stereocenters. The minimum absolute atomic E-state index is 0.128. The zero-order chi connectivity index (χ0) is 22.7. The van der Waals surface area contributed by atoms with Gasteiger partial charge >= 0.3 is 0 Å². The number of aromatic amines is 1. The highest BCUT2D eigenvalue weighted by molar-refractivity contribution is 6.30. The smallest absolute Gasteiger partial charge is 0.277 e. The minimum atomic E-state index is -0.238. The quantitative estimate of drug-likeness (QED) is 0.425. The molecule has 9 heteroatoms. The summed E-state index contributed by atoms with van der Waals surface area (Å²) < 4.78 is 12.1. The zero-order valence-electron chi connectivity index (χ0n) is 17.8. The van der Waals surface area contributed by atoms with Gasteiger partial charge in [-0.2, -0.15) is 0 Å². The second kappa shape index (κ2) is 9.32. The summed E-state index contributed by atoms with van der Waals surface area (Å²) in [5.41, 5.74) is 2.50. The normalized spacial score (nSPS) is 11.1. The average molecular weight is 455 g/mol. The molecule has 4 aromatic rings. The van der Waals surface area contributed by atoms with Gasteiger partial charge in [-0.3, -0.25) is 14.2 Å². The van der Waals surface area contributed by atoms with Crippen LogP contribution in [0.5, 0.6) is 11.5 Å². The first kappa shape index (κ1) is 21.7. The van der Waals surface area contributed by atoms with Crippen molar-refractivity contribution in [2.45, 2.75) is 19.4 Å². The van der Waals surface area contributed by atoms with E-state index in [4.69, 9.17) is 21.1 Å². The summed E-state index contributed by atoms with van der Waals surface area (Å²) in [5, 5.41) is 4.32. The fourth-order valence-electron chi connectivity index (χ4n) is 3.59. The Hall–Kier alpha value is -3.52. The molecule has 0 radical (unpaired) electrons. The maximum absolute atomic E-state index is 12.9. The Labute approximate surface area is 189 Å². The lowest BCUT2D eigenvalue weighted by molar-refractivity contribution is -0.121. The van der Waals surface area contributed by atoms with Crippen LogP contribution in [0.15, 0.2) is 47.5 Å². The molecule has 0 aliphatic heterocycles. The summed E-state index contributed by atoms with van der Waals surface area (Å²) in [6, 6.07) is 11.1. The molecule has 0 saturated carbocycles. The fraction of sp³-hybridized carbons (Fsp3) is 0.261. The van der Waals surface area contributed by atoms with E-state index in [9.17, 15) is 9.59 Å². The molecule has 0 spiro atoms. The van der Waals surface area contributed by atoms with E-state index in [1.165, 1.54) is 10.9 Å². The number of H-pyrrole nitrogens is 1. The predicted molar refractivity (Wildman–Crippen MR) is 124 cm³/mol. The number of halogens is 1. The molecule has 0 aliphatic carbocycles. The molecule has 0 fully saturated rings. The lowest BCUT2D eigenvalue weighted by Crippen LogP contribution is -2.29. The van der Waals surface area contributed by atoms with E-state index in [1.54, 1.807) is 26.4 Å². The highest BCUT2D eigenvalue weighted by Crippen LogP contribution is 2.34. The summed E-state index contributed by atoms with van der Waals surface area (Å²) in [5.74, 6) is 0.987. The van der Waals surface area contributed by atoms with Crippen molar-refractivity contribution in [2.75, 3.05) is 20.8 Å². The van der Waals surface area contributed by atoms with Crippen LogP contribution in [0.4, 0.5) is 0 Å². The first-order chi connectivity index (χ1) is 15.5. The Morgan fingerprint density at radius 3 is 2.59 bits per heavy atom. The highest BCUT2D eigenvalue weighted by atomic mass is 35.5. The molecule has 2 N–H and O–H groups in total. The zero-order valence-corrected chi connectivity index (χ0v) is 18.5. The Balaban J connectivity index is 1.44. The number of fused-ring (bicyclic) bond motifs is 3. The largest absolute Gasteiger partial charge is 0.493 e. The molecular formula is C23H23ClN4O4. The van der Waals surface area contributed by atoms with Crippen LogP contribution in [-0.2, 0) is 17.8 Å². The molecule has 2 aromatic heterocycles. The number of benzene rings is 2.